The molecule has 0 aliphatic carbocycles. The summed E-state index contributed by atoms with van der Waals surface area (Å²) in [4.78, 5) is 14.5. The summed E-state index contributed by atoms with van der Waals surface area (Å²) in [6, 6.07) is 0.566. The van der Waals surface area contributed by atoms with E-state index in [4.69, 9.17) is 0 Å². The number of carbonyl (C=O) groups excluding carboxylic acids is 1. The number of rotatable bonds is 6. The number of piperidine rings is 2. The van der Waals surface area contributed by atoms with E-state index in [1.807, 2.05) is 0 Å². The minimum absolute atomic E-state index is 0.255. The summed E-state index contributed by atoms with van der Waals surface area (Å²) < 4.78 is 0. The molecule has 0 saturated carbocycles. The van der Waals surface area contributed by atoms with E-state index >= 15 is 0 Å². The standard InChI is InChI=1S/C16H31N3O/c1-2-19-12-4-3-5-15(19)13-18-16(20)7-6-14-8-10-17-11-9-14/h14-15,17H,2-13H2,1H3,(H,18,20). The predicted molar refractivity (Wildman–Crippen MR) is 82.7 cm³/mol. The molecule has 1 unspecified atom stereocenters. The average Bonchev–Trinajstić information content (AvgIpc) is 2.52. The van der Waals surface area contributed by atoms with Gasteiger partial charge in [-0.05, 0) is 64.2 Å². The fourth-order valence-electron chi connectivity index (χ4n) is 3.53. The molecule has 2 heterocycles. The SMILES string of the molecule is CCN1CCCCC1CNC(=O)CCC1CCNCC1. The number of likely N-dealkylation sites (tertiary alicyclic amines) is 1. The molecule has 2 saturated heterocycles. The van der Waals surface area contributed by atoms with Gasteiger partial charge in [-0.3, -0.25) is 9.69 Å². The van der Waals surface area contributed by atoms with Crippen molar-refractivity contribution in [2.75, 3.05) is 32.7 Å². The van der Waals surface area contributed by atoms with Crippen LogP contribution in [0.1, 0.15) is 51.9 Å². The molecule has 2 aliphatic rings. The summed E-state index contributed by atoms with van der Waals surface area (Å²) >= 11 is 0. The molecule has 2 N–H and O–H groups in total. The van der Waals surface area contributed by atoms with Gasteiger partial charge < -0.3 is 10.6 Å². The first-order valence-electron chi connectivity index (χ1n) is 8.51. The van der Waals surface area contributed by atoms with Crippen molar-refractivity contribution in [2.45, 2.75) is 57.9 Å². The molecule has 1 amide bonds. The van der Waals surface area contributed by atoms with Crippen molar-refractivity contribution in [3.05, 3.63) is 0 Å². The molecule has 0 aromatic heterocycles. The largest absolute Gasteiger partial charge is 0.355 e. The summed E-state index contributed by atoms with van der Waals surface area (Å²) in [5, 5.41) is 6.54. The zero-order chi connectivity index (χ0) is 14.2. The number of nitrogens with one attached hydrogen (secondary N) is 2. The van der Waals surface area contributed by atoms with Gasteiger partial charge in [-0.2, -0.15) is 0 Å². The number of hydrogen-bond acceptors (Lipinski definition) is 3. The van der Waals surface area contributed by atoms with Crippen LogP contribution in [0.3, 0.4) is 0 Å². The molecule has 2 fully saturated rings. The van der Waals surface area contributed by atoms with Gasteiger partial charge in [0.05, 0.1) is 0 Å². The van der Waals surface area contributed by atoms with Crippen molar-refractivity contribution in [3.63, 3.8) is 0 Å². The van der Waals surface area contributed by atoms with Crippen LogP contribution in [0.25, 0.3) is 0 Å². The lowest BCUT2D eigenvalue weighted by Crippen LogP contribution is -2.46. The number of hydrogen-bond donors (Lipinski definition) is 2. The minimum Gasteiger partial charge on any atom is -0.355 e. The second-order valence-electron chi connectivity index (χ2n) is 6.31. The highest BCUT2D eigenvalue weighted by Crippen LogP contribution is 2.18. The Bertz CT molecular complexity index is 289. The van der Waals surface area contributed by atoms with Gasteiger partial charge in [0.1, 0.15) is 0 Å². The fourth-order valence-corrected chi connectivity index (χ4v) is 3.53. The van der Waals surface area contributed by atoms with Gasteiger partial charge in [-0.25, -0.2) is 0 Å². The highest BCUT2D eigenvalue weighted by Gasteiger charge is 2.21. The van der Waals surface area contributed by atoms with Crippen LogP contribution < -0.4 is 10.6 Å². The molecule has 1 atom stereocenters. The van der Waals surface area contributed by atoms with Gasteiger partial charge in [0.25, 0.3) is 0 Å². The molecule has 2 aliphatic heterocycles. The van der Waals surface area contributed by atoms with Crippen LogP contribution in [-0.4, -0.2) is 49.6 Å². The van der Waals surface area contributed by atoms with Gasteiger partial charge in [-0.1, -0.05) is 13.3 Å². The summed E-state index contributed by atoms with van der Waals surface area (Å²) in [5.41, 5.74) is 0. The molecule has 4 nitrogen and oxygen atoms in total. The fraction of sp³-hybridized carbons (Fsp3) is 0.938. The van der Waals surface area contributed by atoms with Crippen LogP contribution in [0.15, 0.2) is 0 Å². The Morgan fingerprint density at radius 3 is 2.80 bits per heavy atom. The van der Waals surface area contributed by atoms with Crippen LogP contribution in [0, 0.1) is 5.92 Å². The third-order valence-electron chi connectivity index (χ3n) is 4.93. The van der Waals surface area contributed by atoms with Crippen LogP contribution in [0.2, 0.25) is 0 Å². The van der Waals surface area contributed by atoms with Crippen LogP contribution >= 0.6 is 0 Å². The van der Waals surface area contributed by atoms with E-state index < -0.39 is 0 Å². The molecule has 4 heteroatoms. The van der Waals surface area contributed by atoms with Crippen molar-refractivity contribution in [1.82, 2.24) is 15.5 Å². The van der Waals surface area contributed by atoms with Crippen molar-refractivity contribution in [2.24, 2.45) is 5.92 Å². The number of amides is 1. The summed E-state index contributed by atoms with van der Waals surface area (Å²) in [6.45, 7) is 7.62. The maximum atomic E-state index is 12.0. The Morgan fingerprint density at radius 2 is 2.05 bits per heavy atom. The molecule has 0 spiro atoms. The van der Waals surface area contributed by atoms with E-state index in [-0.39, 0.29) is 5.91 Å². The number of carbonyl (C=O) groups is 1. The molecule has 0 radical (unpaired) electrons. The Labute approximate surface area is 123 Å². The quantitative estimate of drug-likeness (QED) is 0.780. The topological polar surface area (TPSA) is 44.4 Å². The lowest BCUT2D eigenvalue weighted by Gasteiger charge is -2.34. The van der Waals surface area contributed by atoms with E-state index in [0.717, 1.165) is 38.5 Å². The Hall–Kier alpha value is -0.610. The Morgan fingerprint density at radius 1 is 1.25 bits per heavy atom. The molecule has 116 valence electrons. The van der Waals surface area contributed by atoms with Gasteiger partial charge in [0.15, 0.2) is 0 Å². The van der Waals surface area contributed by atoms with E-state index in [0.29, 0.717) is 12.5 Å². The van der Waals surface area contributed by atoms with Crippen molar-refractivity contribution in [1.29, 1.82) is 0 Å². The van der Waals surface area contributed by atoms with Crippen molar-refractivity contribution < 1.29 is 4.79 Å². The second-order valence-corrected chi connectivity index (χ2v) is 6.31. The van der Waals surface area contributed by atoms with Crippen LogP contribution in [-0.2, 0) is 4.79 Å². The normalized spacial score (nSPS) is 25.6. The van der Waals surface area contributed by atoms with Gasteiger partial charge in [0, 0.05) is 19.0 Å². The lowest BCUT2D eigenvalue weighted by atomic mass is 9.93. The lowest BCUT2D eigenvalue weighted by molar-refractivity contribution is -0.121. The highest BCUT2D eigenvalue weighted by atomic mass is 16.1. The number of likely N-dealkylation sites (N-methyl/N-ethyl adjacent to an activating group) is 1. The third kappa shape index (κ3) is 5.06. The summed E-state index contributed by atoms with van der Waals surface area (Å²) in [5.74, 6) is 1.01. The molecule has 0 aromatic rings. The zero-order valence-electron chi connectivity index (χ0n) is 13.0. The first kappa shape index (κ1) is 15.8. The monoisotopic (exact) mass is 281 g/mol. The predicted octanol–water partition coefficient (Wildman–Crippen LogP) is 1.76. The van der Waals surface area contributed by atoms with Crippen LogP contribution in [0.4, 0.5) is 0 Å². The maximum Gasteiger partial charge on any atom is 0.220 e. The molecule has 0 bridgehead atoms. The maximum absolute atomic E-state index is 12.0. The van der Waals surface area contributed by atoms with Gasteiger partial charge >= 0.3 is 0 Å². The molecular weight excluding hydrogens is 250 g/mol. The highest BCUT2D eigenvalue weighted by molar-refractivity contribution is 5.75. The van der Waals surface area contributed by atoms with Gasteiger partial charge in [-0.15, -0.1) is 0 Å². The Balaban J connectivity index is 1.61. The van der Waals surface area contributed by atoms with E-state index in [1.165, 1.54) is 38.6 Å². The Kier molecular flexibility index (Phi) is 6.80. The third-order valence-corrected chi connectivity index (χ3v) is 4.93. The summed E-state index contributed by atoms with van der Waals surface area (Å²) in [7, 11) is 0. The van der Waals surface area contributed by atoms with Gasteiger partial charge in [0.2, 0.25) is 5.91 Å². The number of nitrogens with zero attached hydrogens (tertiary/aromatic N) is 1. The second kappa shape index (κ2) is 8.63. The van der Waals surface area contributed by atoms with E-state index in [2.05, 4.69) is 22.5 Å². The van der Waals surface area contributed by atoms with Crippen molar-refractivity contribution >= 4 is 5.91 Å². The molecule has 0 aromatic carbocycles. The molecular formula is C16H31N3O. The molecule has 20 heavy (non-hydrogen) atoms. The smallest absolute Gasteiger partial charge is 0.220 e. The van der Waals surface area contributed by atoms with Crippen molar-refractivity contribution in [3.8, 4) is 0 Å². The van der Waals surface area contributed by atoms with E-state index in [9.17, 15) is 4.79 Å². The minimum atomic E-state index is 0.255. The zero-order valence-corrected chi connectivity index (χ0v) is 13.0. The average molecular weight is 281 g/mol. The van der Waals surface area contributed by atoms with Crippen LogP contribution in [0.5, 0.6) is 0 Å². The first-order chi connectivity index (χ1) is 9.79. The summed E-state index contributed by atoms with van der Waals surface area (Å²) in [6.07, 6.45) is 8.11. The molecule has 2 rings (SSSR count). The first-order valence-corrected chi connectivity index (χ1v) is 8.51. The van der Waals surface area contributed by atoms with E-state index in [1.54, 1.807) is 0 Å².